The Morgan fingerprint density at radius 1 is 1.45 bits per heavy atom. The standard InChI is InChI=1S/C14H19N3O3/c1-10(18)14(3-4-14)13(19)17-5-6-20-12(9-17)11-7-15-16(2)8-11/h7-8,12H,3-6,9H2,1-2H3. The molecule has 6 nitrogen and oxygen atoms in total. The third-order valence-electron chi connectivity index (χ3n) is 4.28. The van der Waals surface area contributed by atoms with E-state index in [1.807, 2.05) is 13.2 Å². The molecule has 1 aliphatic heterocycles. The lowest BCUT2D eigenvalue weighted by Crippen LogP contribution is -2.47. The molecule has 0 N–H and O–H groups in total. The SMILES string of the molecule is CC(=O)C1(C(=O)N2CCOC(c3cnn(C)c3)C2)CC1. The van der Waals surface area contributed by atoms with E-state index in [0.29, 0.717) is 32.5 Å². The van der Waals surface area contributed by atoms with Crippen LogP contribution < -0.4 is 0 Å². The zero-order valence-electron chi connectivity index (χ0n) is 11.8. The van der Waals surface area contributed by atoms with Crippen molar-refractivity contribution < 1.29 is 14.3 Å². The highest BCUT2D eigenvalue weighted by molar-refractivity contribution is 6.07. The molecule has 1 unspecified atom stereocenters. The van der Waals surface area contributed by atoms with Crippen LogP contribution in [0.4, 0.5) is 0 Å². The number of rotatable bonds is 3. The number of ketones is 1. The maximum absolute atomic E-state index is 12.5. The van der Waals surface area contributed by atoms with Gasteiger partial charge in [0.15, 0.2) is 0 Å². The number of aromatic nitrogens is 2. The average Bonchev–Trinajstić information content (AvgIpc) is 3.15. The van der Waals surface area contributed by atoms with Gasteiger partial charge in [-0.3, -0.25) is 14.3 Å². The Labute approximate surface area is 117 Å². The number of nitrogens with zero attached hydrogens (tertiary/aromatic N) is 3. The van der Waals surface area contributed by atoms with E-state index in [4.69, 9.17) is 4.74 Å². The first-order valence-electron chi connectivity index (χ1n) is 6.93. The number of ether oxygens (including phenoxy) is 1. The molecule has 2 aliphatic rings. The van der Waals surface area contributed by atoms with Gasteiger partial charge in [0.1, 0.15) is 17.3 Å². The molecular formula is C14H19N3O3. The fraction of sp³-hybridized carbons (Fsp3) is 0.643. The zero-order chi connectivity index (χ0) is 14.3. The first-order chi connectivity index (χ1) is 9.53. The van der Waals surface area contributed by atoms with Crippen molar-refractivity contribution in [3.05, 3.63) is 18.0 Å². The number of amides is 1. The van der Waals surface area contributed by atoms with Gasteiger partial charge in [0.05, 0.1) is 19.3 Å². The second-order valence-corrected chi connectivity index (χ2v) is 5.70. The van der Waals surface area contributed by atoms with Gasteiger partial charge >= 0.3 is 0 Å². The molecule has 1 saturated heterocycles. The van der Waals surface area contributed by atoms with Crippen molar-refractivity contribution >= 4 is 11.7 Å². The molecule has 0 bridgehead atoms. The Hall–Kier alpha value is -1.69. The maximum atomic E-state index is 12.5. The van der Waals surface area contributed by atoms with Crippen LogP contribution in [0, 0.1) is 5.41 Å². The summed E-state index contributed by atoms with van der Waals surface area (Å²) in [6.07, 6.45) is 4.89. The zero-order valence-corrected chi connectivity index (χ0v) is 11.8. The molecule has 3 rings (SSSR count). The minimum atomic E-state index is -0.725. The van der Waals surface area contributed by atoms with Crippen molar-refractivity contribution in [2.45, 2.75) is 25.9 Å². The Kier molecular flexibility index (Phi) is 3.12. The third kappa shape index (κ3) is 2.14. The highest BCUT2D eigenvalue weighted by Gasteiger charge is 2.56. The summed E-state index contributed by atoms with van der Waals surface area (Å²) in [5.41, 5.74) is 0.245. The van der Waals surface area contributed by atoms with Crippen molar-refractivity contribution in [1.82, 2.24) is 14.7 Å². The maximum Gasteiger partial charge on any atom is 0.236 e. The summed E-state index contributed by atoms with van der Waals surface area (Å²) in [4.78, 5) is 26.0. The highest BCUT2D eigenvalue weighted by atomic mass is 16.5. The second kappa shape index (κ2) is 4.70. The fourth-order valence-electron chi connectivity index (χ4n) is 2.79. The summed E-state index contributed by atoms with van der Waals surface area (Å²) in [5, 5.41) is 4.13. The van der Waals surface area contributed by atoms with Gasteiger partial charge in [-0.05, 0) is 19.8 Å². The van der Waals surface area contributed by atoms with Crippen molar-refractivity contribution in [3.8, 4) is 0 Å². The Bertz CT molecular complexity index is 548. The fourth-order valence-corrected chi connectivity index (χ4v) is 2.79. The van der Waals surface area contributed by atoms with Crippen LogP contribution in [0.3, 0.4) is 0 Å². The third-order valence-corrected chi connectivity index (χ3v) is 4.28. The van der Waals surface area contributed by atoms with Gasteiger partial charge in [0.25, 0.3) is 0 Å². The molecule has 1 aromatic rings. The molecule has 0 spiro atoms. The summed E-state index contributed by atoms with van der Waals surface area (Å²) in [6, 6.07) is 0. The molecule has 6 heteroatoms. The van der Waals surface area contributed by atoms with Crippen LogP contribution in [0.5, 0.6) is 0 Å². The van der Waals surface area contributed by atoms with Crippen molar-refractivity contribution in [2.24, 2.45) is 12.5 Å². The van der Waals surface area contributed by atoms with Crippen molar-refractivity contribution in [1.29, 1.82) is 0 Å². The van der Waals surface area contributed by atoms with Gasteiger partial charge < -0.3 is 9.64 Å². The van der Waals surface area contributed by atoms with Gasteiger partial charge in [-0.25, -0.2) is 0 Å². The van der Waals surface area contributed by atoms with Gasteiger partial charge in [-0.2, -0.15) is 5.10 Å². The molecule has 1 atom stereocenters. The molecule has 1 aliphatic carbocycles. The summed E-state index contributed by atoms with van der Waals surface area (Å²) in [7, 11) is 1.85. The molecule has 2 fully saturated rings. The van der Waals surface area contributed by atoms with E-state index in [1.54, 1.807) is 15.8 Å². The molecule has 1 aromatic heterocycles. The topological polar surface area (TPSA) is 64.4 Å². The molecule has 1 amide bonds. The number of hydrogen-bond donors (Lipinski definition) is 0. The Morgan fingerprint density at radius 2 is 2.20 bits per heavy atom. The summed E-state index contributed by atoms with van der Waals surface area (Å²) in [5.74, 6) is -0.0332. The summed E-state index contributed by atoms with van der Waals surface area (Å²) in [6.45, 7) is 3.08. The second-order valence-electron chi connectivity index (χ2n) is 5.70. The van der Waals surface area contributed by atoms with Crippen LogP contribution in [0.25, 0.3) is 0 Å². The average molecular weight is 277 g/mol. The van der Waals surface area contributed by atoms with Gasteiger partial charge in [0.2, 0.25) is 5.91 Å². The number of carbonyl (C=O) groups is 2. The van der Waals surface area contributed by atoms with Crippen LogP contribution in [-0.2, 0) is 21.4 Å². The largest absolute Gasteiger partial charge is 0.370 e. The van der Waals surface area contributed by atoms with E-state index < -0.39 is 5.41 Å². The first-order valence-corrected chi connectivity index (χ1v) is 6.93. The van der Waals surface area contributed by atoms with E-state index in [0.717, 1.165) is 5.56 Å². The molecule has 0 radical (unpaired) electrons. The van der Waals surface area contributed by atoms with Gasteiger partial charge in [-0.15, -0.1) is 0 Å². The molecule has 2 heterocycles. The Balaban J connectivity index is 1.72. The first kappa shape index (κ1) is 13.3. The van der Waals surface area contributed by atoms with Crippen LogP contribution in [0.1, 0.15) is 31.4 Å². The van der Waals surface area contributed by atoms with E-state index in [2.05, 4.69) is 5.10 Å². The van der Waals surface area contributed by atoms with Gasteiger partial charge in [-0.1, -0.05) is 0 Å². The monoisotopic (exact) mass is 277 g/mol. The predicted octanol–water partition coefficient (Wildman–Crippen LogP) is 0.689. The Morgan fingerprint density at radius 3 is 2.75 bits per heavy atom. The number of aryl methyl sites for hydroxylation is 1. The quantitative estimate of drug-likeness (QED) is 0.763. The normalized spacial score (nSPS) is 24.5. The van der Waals surface area contributed by atoms with E-state index in [9.17, 15) is 9.59 Å². The lowest BCUT2D eigenvalue weighted by atomic mass is 9.99. The lowest BCUT2D eigenvalue weighted by molar-refractivity contribution is -0.148. The minimum absolute atomic E-state index is 0.00748. The van der Waals surface area contributed by atoms with Crippen LogP contribution >= 0.6 is 0 Å². The van der Waals surface area contributed by atoms with Crippen LogP contribution in [0.15, 0.2) is 12.4 Å². The number of carbonyl (C=O) groups excluding carboxylic acids is 2. The van der Waals surface area contributed by atoms with E-state index in [1.165, 1.54) is 6.92 Å². The van der Waals surface area contributed by atoms with Gasteiger partial charge in [0, 0.05) is 25.4 Å². The molecule has 1 saturated carbocycles. The van der Waals surface area contributed by atoms with Crippen molar-refractivity contribution in [3.63, 3.8) is 0 Å². The predicted molar refractivity (Wildman–Crippen MR) is 70.8 cm³/mol. The smallest absolute Gasteiger partial charge is 0.236 e. The minimum Gasteiger partial charge on any atom is -0.370 e. The molecule has 20 heavy (non-hydrogen) atoms. The number of Topliss-reactive ketones (excluding diaryl/α,β-unsaturated/α-hetero) is 1. The molecule has 0 aromatic carbocycles. The number of hydrogen-bond acceptors (Lipinski definition) is 4. The molecule has 108 valence electrons. The van der Waals surface area contributed by atoms with Crippen LogP contribution in [-0.4, -0.2) is 46.1 Å². The number of morpholine rings is 1. The van der Waals surface area contributed by atoms with Crippen molar-refractivity contribution in [2.75, 3.05) is 19.7 Å². The van der Waals surface area contributed by atoms with E-state index >= 15 is 0 Å². The summed E-state index contributed by atoms with van der Waals surface area (Å²) >= 11 is 0. The van der Waals surface area contributed by atoms with E-state index in [-0.39, 0.29) is 17.8 Å². The van der Waals surface area contributed by atoms with Crippen LogP contribution in [0.2, 0.25) is 0 Å². The summed E-state index contributed by atoms with van der Waals surface area (Å²) < 4.78 is 7.44. The lowest BCUT2D eigenvalue weighted by Gasteiger charge is -2.34. The molecular weight excluding hydrogens is 258 g/mol. The highest BCUT2D eigenvalue weighted by Crippen LogP contribution is 2.48.